The minimum atomic E-state index is -0.262. The average Bonchev–Trinajstić information content (AvgIpc) is 2.88. The first-order valence-electron chi connectivity index (χ1n) is 8.39. The Bertz CT molecular complexity index is 465. The van der Waals surface area contributed by atoms with Gasteiger partial charge < -0.3 is 9.52 Å². The minimum Gasteiger partial charge on any atom is -0.444 e. The molecule has 0 unspecified atom stereocenters. The molecule has 1 fully saturated rings. The van der Waals surface area contributed by atoms with Crippen molar-refractivity contribution in [2.45, 2.75) is 65.1 Å². The summed E-state index contributed by atoms with van der Waals surface area (Å²) in [5.74, 6) is 1.76. The number of aromatic nitrogens is 1. The van der Waals surface area contributed by atoms with Gasteiger partial charge in [-0.05, 0) is 13.3 Å². The number of rotatable bonds is 5. The van der Waals surface area contributed by atoms with Crippen molar-refractivity contribution in [2.75, 3.05) is 26.2 Å². The zero-order chi connectivity index (χ0) is 16.3. The summed E-state index contributed by atoms with van der Waals surface area (Å²) < 4.78 is 5.90. The summed E-state index contributed by atoms with van der Waals surface area (Å²) in [6.45, 7) is 15.0. The maximum absolute atomic E-state index is 9.62. The number of hydrogen-bond acceptors (Lipinski definition) is 5. The van der Waals surface area contributed by atoms with E-state index in [0.717, 1.165) is 50.8 Å². The third kappa shape index (κ3) is 4.54. The topological polar surface area (TPSA) is 52.7 Å². The molecule has 1 aromatic rings. The number of aliphatic hydroxyl groups excluding tert-OH is 1. The molecule has 5 nitrogen and oxygen atoms in total. The molecule has 1 aliphatic heterocycles. The van der Waals surface area contributed by atoms with Gasteiger partial charge in [-0.15, -0.1) is 0 Å². The van der Waals surface area contributed by atoms with Gasteiger partial charge in [0, 0.05) is 37.6 Å². The molecular formula is C17H31N3O2. The van der Waals surface area contributed by atoms with Crippen molar-refractivity contribution in [1.29, 1.82) is 0 Å². The van der Waals surface area contributed by atoms with Gasteiger partial charge in [-0.2, -0.15) is 0 Å². The van der Waals surface area contributed by atoms with E-state index in [-0.39, 0.29) is 11.5 Å². The Balaban J connectivity index is 1.93. The van der Waals surface area contributed by atoms with Crippen molar-refractivity contribution in [3.63, 3.8) is 0 Å². The number of oxazole rings is 1. The van der Waals surface area contributed by atoms with Gasteiger partial charge >= 0.3 is 0 Å². The molecule has 0 radical (unpaired) electrons. The number of piperazine rings is 1. The lowest BCUT2D eigenvalue weighted by Crippen LogP contribution is -2.54. The Kier molecular flexibility index (Phi) is 5.64. The second-order valence-electron chi connectivity index (χ2n) is 7.51. The van der Waals surface area contributed by atoms with Gasteiger partial charge in [0.05, 0.1) is 18.8 Å². The lowest BCUT2D eigenvalue weighted by Gasteiger charge is -2.41. The smallest absolute Gasteiger partial charge is 0.208 e. The quantitative estimate of drug-likeness (QED) is 0.904. The molecule has 0 aromatic carbocycles. The first-order chi connectivity index (χ1) is 10.3. The molecule has 5 heteroatoms. The zero-order valence-corrected chi connectivity index (χ0v) is 14.7. The van der Waals surface area contributed by atoms with Gasteiger partial charge in [0.25, 0.3) is 0 Å². The van der Waals surface area contributed by atoms with Crippen molar-refractivity contribution in [3.05, 3.63) is 17.8 Å². The summed E-state index contributed by atoms with van der Waals surface area (Å²) in [6, 6.07) is 0.500. The van der Waals surface area contributed by atoms with Crippen LogP contribution in [0.2, 0.25) is 0 Å². The lowest BCUT2D eigenvalue weighted by molar-refractivity contribution is 0.0307. The SMILES string of the molecule is CC[C@@H]1CN(Cc2ncc(C(C)(C)C)o2)CCN1C[C@@H](C)O. The van der Waals surface area contributed by atoms with Crippen LogP contribution >= 0.6 is 0 Å². The van der Waals surface area contributed by atoms with Crippen LogP contribution < -0.4 is 0 Å². The van der Waals surface area contributed by atoms with Gasteiger partial charge in [0.15, 0.2) is 0 Å². The Morgan fingerprint density at radius 1 is 1.41 bits per heavy atom. The molecule has 2 rings (SSSR count). The van der Waals surface area contributed by atoms with E-state index in [1.54, 1.807) is 0 Å². The summed E-state index contributed by atoms with van der Waals surface area (Å²) in [7, 11) is 0. The van der Waals surface area contributed by atoms with E-state index in [4.69, 9.17) is 4.42 Å². The van der Waals surface area contributed by atoms with Crippen molar-refractivity contribution >= 4 is 0 Å². The first-order valence-corrected chi connectivity index (χ1v) is 8.39. The molecule has 2 heterocycles. The maximum atomic E-state index is 9.62. The molecule has 0 aliphatic carbocycles. The molecule has 0 spiro atoms. The van der Waals surface area contributed by atoms with E-state index in [2.05, 4.69) is 42.5 Å². The van der Waals surface area contributed by atoms with Crippen molar-refractivity contribution in [2.24, 2.45) is 0 Å². The molecule has 1 saturated heterocycles. The van der Waals surface area contributed by atoms with Gasteiger partial charge in [0.2, 0.25) is 5.89 Å². The highest BCUT2D eigenvalue weighted by atomic mass is 16.4. The fraction of sp³-hybridized carbons (Fsp3) is 0.824. The van der Waals surface area contributed by atoms with Crippen LogP contribution in [0.4, 0.5) is 0 Å². The summed E-state index contributed by atoms with van der Waals surface area (Å²) in [4.78, 5) is 9.24. The molecule has 1 aliphatic rings. The first kappa shape index (κ1) is 17.4. The van der Waals surface area contributed by atoms with Crippen LogP contribution in [-0.4, -0.2) is 58.2 Å². The predicted octanol–water partition coefficient (Wildman–Crippen LogP) is 2.25. The molecule has 0 bridgehead atoms. The largest absolute Gasteiger partial charge is 0.444 e. The molecule has 1 N–H and O–H groups in total. The lowest BCUT2D eigenvalue weighted by atomic mass is 9.94. The highest BCUT2D eigenvalue weighted by molar-refractivity contribution is 5.06. The second-order valence-corrected chi connectivity index (χ2v) is 7.51. The van der Waals surface area contributed by atoms with E-state index in [0.29, 0.717) is 6.04 Å². The number of nitrogens with zero attached hydrogens (tertiary/aromatic N) is 3. The van der Waals surface area contributed by atoms with Crippen molar-refractivity contribution in [1.82, 2.24) is 14.8 Å². The Morgan fingerprint density at radius 2 is 2.14 bits per heavy atom. The number of aliphatic hydroxyl groups is 1. The summed E-state index contributed by atoms with van der Waals surface area (Å²) in [5, 5.41) is 9.62. The molecule has 2 atom stereocenters. The van der Waals surface area contributed by atoms with Gasteiger partial charge in [0.1, 0.15) is 5.76 Å². The molecule has 0 saturated carbocycles. The Morgan fingerprint density at radius 3 is 2.68 bits per heavy atom. The van der Waals surface area contributed by atoms with Crippen LogP contribution in [0.25, 0.3) is 0 Å². The predicted molar refractivity (Wildman–Crippen MR) is 87.8 cm³/mol. The van der Waals surface area contributed by atoms with Gasteiger partial charge in [-0.3, -0.25) is 9.80 Å². The van der Waals surface area contributed by atoms with E-state index < -0.39 is 0 Å². The van der Waals surface area contributed by atoms with Gasteiger partial charge in [-0.1, -0.05) is 27.7 Å². The highest BCUT2D eigenvalue weighted by Crippen LogP contribution is 2.23. The number of hydrogen-bond donors (Lipinski definition) is 1. The monoisotopic (exact) mass is 309 g/mol. The fourth-order valence-corrected chi connectivity index (χ4v) is 2.99. The van der Waals surface area contributed by atoms with Crippen LogP contribution in [0.1, 0.15) is 52.7 Å². The summed E-state index contributed by atoms with van der Waals surface area (Å²) >= 11 is 0. The third-order valence-electron chi connectivity index (χ3n) is 4.31. The standard InChI is InChI=1S/C17H31N3O2/c1-6-14-11-19(7-8-20(14)10-13(2)21)12-16-18-9-15(22-16)17(3,4)5/h9,13-14,21H,6-8,10-12H2,1-5H3/t13-,14-/m1/s1. The van der Waals surface area contributed by atoms with E-state index in [9.17, 15) is 5.11 Å². The molecular weight excluding hydrogens is 278 g/mol. The van der Waals surface area contributed by atoms with Crippen LogP contribution in [-0.2, 0) is 12.0 Å². The van der Waals surface area contributed by atoms with Gasteiger partial charge in [-0.25, -0.2) is 4.98 Å². The minimum absolute atomic E-state index is 0.00711. The highest BCUT2D eigenvalue weighted by Gasteiger charge is 2.27. The van der Waals surface area contributed by atoms with Crippen LogP contribution in [0.15, 0.2) is 10.6 Å². The summed E-state index contributed by atoms with van der Waals surface area (Å²) in [6.07, 6.45) is 2.69. The van der Waals surface area contributed by atoms with Crippen LogP contribution in [0.5, 0.6) is 0 Å². The molecule has 0 amide bonds. The second kappa shape index (κ2) is 7.11. The number of β-amino-alcohol motifs (C(OH)–C–C–N with tert-alkyl or cyclic N) is 1. The average molecular weight is 309 g/mol. The van der Waals surface area contributed by atoms with E-state index in [1.807, 2.05) is 13.1 Å². The van der Waals surface area contributed by atoms with E-state index >= 15 is 0 Å². The maximum Gasteiger partial charge on any atom is 0.208 e. The third-order valence-corrected chi connectivity index (χ3v) is 4.31. The van der Waals surface area contributed by atoms with Crippen LogP contribution in [0, 0.1) is 0 Å². The Labute approximate surface area is 134 Å². The Hall–Kier alpha value is -0.910. The van der Waals surface area contributed by atoms with Crippen molar-refractivity contribution in [3.8, 4) is 0 Å². The zero-order valence-electron chi connectivity index (χ0n) is 14.7. The molecule has 22 heavy (non-hydrogen) atoms. The fourth-order valence-electron chi connectivity index (χ4n) is 2.99. The molecule has 126 valence electrons. The van der Waals surface area contributed by atoms with E-state index in [1.165, 1.54) is 0 Å². The summed E-state index contributed by atoms with van der Waals surface area (Å²) in [5.41, 5.74) is 0.00711. The van der Waals surface area contributed by atoms with Crippen molar-refractivity contribution < 1.29 is 9.52 Å². The normalized spacial score (nSPS) is 22.9. The molecule has 1 aromatic heterocycles. The van der Waals surface area contributed by atoms with Crippen LogP contribution in [0.3, 0.4) is 0 Å².